The molecule has 0 unspecified atom stereocenters. The second-order valence-corrected chi connectivity index (χ2v) is 9.54. The zero-order chi connectivity index (χ0) is 24.5. The third-order valence-electron chi connectivity index (χ3n) is 6.51. The minimum atomic E-state index is -1.30. The van der Waals surface area contributed by atoms with Gasteiger partial charge in [-0.1, -0.05) is 109 Å². The Morgan fingerprint density at radius 3 is 1.82 bits per heavy atom. The van der Waals surface area contributed by atoms with Crippen LogP contribution >= 0.6 is 11.6 Å². The van der Waals surface area contributed by atoms with Crippen LogP contribution in [0.1, 0.15) is 116 Å². The minimum Gasteiger partial charge on any atom is -0.465 e. The standard InChI is InChI=1S/C28H45ClO4/c1-5-8-9-10-11-12-13-14-15-16-17-18-21-32-26(30)28(6-2,7-3)27(31)33-25-22-23(4)19-20-24(25)29/h19-20,22H,5-18,21H2,1-4H3. The first-order valence-corrected chi connectivity index (χ1v) is 13.4. The fourth-order valence-electron chi connectivity index (χ4n) is 4.04. The first-order valence-electron chi connectivity index (χ1n) is 13.1. The van der Waals surface area contributed by atoms with E-state index in [0.717, 1.165) is 24.8 Å². The zero-order valence-corrected chi connectivity index (χ0v) is 22.1. The molecule has 0 radical (unpaired) electrons. The molecule has 33 heavy (non-hydrogen) atoms. The number of rotatable bonds is 18. The Morgan fingerprint density at radius 1 is 0.788 bits per heavy atom. The lowest BCUT2D eigenvalue weighted by Gasteiger charge is -2.27. The van der Waals surface area contributed by atoms with Gasteiger partial charge in [0.25, 0.3) is 0 Å². The van der Waals surface area contributed by atoms with Gasteiger partial charge in [0.2, 0.25) is 0 Å². The summed E-state index contributed by atoms with van der Waals surface area (Å²) in [5.74, 6) is -0.814. The molecule has 0 aliphatic rings. The van der Waals surface area contributed by atoms with Crippen LogP contribution in [0.15, 0.2) is 18.2 Å². The highest BCUT2D eigenvalue weighted by Crippen LogP contribution is 2.33. The van der Waals surface area contributed by atoms with E-state index in [4.69, 9.17) is 21.1 Å². The van der Waals surface area contributed by atoms with Gasteiger partial charge in [-0.2, -0.15) is 0 Å². The average molecular weight is 481 g/mol. The molecular weight excluding hydrogens is 436 g/mol. The second-order valence-electron chi connectivity index (χ2n) is 9.14. The van der Waals surface area contributed by atoms with Crippen LogP contribution in [0, 0.1) is 12.3 Å². The highest BCUT2D eigenvalue weighted by molar-refractivity contribution is 6.32. The van der Waals surface area contributed by atoms with Crippen molar-refractivity contribution < 1.29 is 19.1 Å². The smallest absolute Gasteiger partial charge is 0.328 e. The highest BCUT2D eigenvalue weighted by Gasteiger charge is 2.46. The molecular formula is C28H45ClO4. The third-order valence-corrected chi connectivity index (χ3v) is 6.82. The first-order chi connectivity index (χ1) is 15.9. The summed E-state index contributed by atoms with van der Waals surface area (Å²) in [5.41, 5.74) is -0.375. The summed E-state index contributed by atoms with van der Waals surface area (Å²) < 4.78 is 11.1. The lowest BCUT2D eigenvalue weighted by atomic mass is 9.82. The normalized spacial score (nSPS) is 11.4. The number of hydrogen-bond donors (Lipinski definition) is 0. The molecule has 1 aromatic rings. The summed E-state index contributed by atoms with van der Waals surface area (Å²) in [7, 11) is 0. The molecule has 0 N–H and O–H groups in total. The number of ether oxygens (including phenoxy) is 2. The van der Waals surface area contributed by atoms with E-state index in [1.165, 1.54) is 57.8 Å². The first kappa shape index (κ1) is 29.5. The summed E-state index contributed by atoms with van der Waals surface area (Å²) in [6.45, 7) is 8.11. The SMILES string of the molecule is CCCCCCCCCCCCCCOC(=O)C(CC)(CC)C(=O)Oc1cc(C)ccc1Cl. The van der Waals surface area contributed by atoms with E-state index in [9.17, 15) is 9.59 Å². The summed E-state index contributed by atoms with van der Waals surface area (Å²) in [6.07, 6.45) is 15.7. The fourth-order valence-corrected chi connectivity index (χ4v) is 4.20. The summed E-state index contributed by atoms with van der Waals surface area (Å²) in [4.78, 5) is 25.8. The fraction of sp³-hybridized carbons (Fsp3) is 0.714. The van der Waals surface area contributed by atoms with Gasteiger partial charge < -0.3 is 9.47 Å². The number of carbonyl (C=O) groups excluding carboxylic acids is 2. The molecule has 0 heterocycles. The monoisotopic (exact) mass is 480 g/mol. The van der Waals surface area contributed by atoms with Crippen molar-refractivity contribution in [3.63, 3.8) is 0 Å². The number of halogens is 1. The lowest BCUT2D eigenvalue weighted by Crippen LogP contribution is -2.42. The van der Waals surface area contributed by atoms with E-state index in [1.54, 1.807) is 12.1 Å². The second kappa shape index (κ2) is 17.0. The van der Waals surface area contributed by atoms with Crippen LogP contribution in [0.4, 0.5) is 0 Å². The number of aryl methyl sites for hydroxylation is 1. The molecule has 0 aliphatic heterocycles. The summed E-state index contributed by atoms with van der Waals surface area (Å²) in [6, 6.07) is 5.23. The van der Waals surface area contributed by atoms with Gasteiger partial charge in [-0.05, 0) is 43.9 Å². The number of carbonyl (C=O) groups is 2. The van der Waals surface area contributed by atoms with Gasteiger partial charge in [-0.15, -0.1) is 0 Å². The Kier molecular flexibility index (Phi) is 15.2. The molecule has 0 saturated heterocycles. The molecule has 0 atom stereocenters. The maximum atomic E-state index is 13.0. The molecule has 0 amide bonds. The van der Waals surface area contributed by atoms with Crippen LogP contribution in [0.5, 0.6) is 5.75 Å². The van der Waals surface area contributed by atoms with Crippen LogP contribution in [0.2, 0.25) is 5.02 Å². The van der Waals surface area contributed by atoms with Gasteiger partial charge in [-0.25, -0.2) is 0 Å². The lowest BCUT2D eigenvalue weighted by molar-refractivity contribution is -0.168. The van der Waals surface area contributed by atoms with Gasteiger partial charge in [0, 0.05) is 0 Å². The van der Waals surface area contributed by atoms with Crippen LogP contribution in [0.25, 0.3) is 0 Å². The number of esters is 2. The topological polar surface area (TPSA) is 52.6 Å². The van der Waals surface area contributed by atoms with Gasteiger partial charge in [0.15, 0.2) is 5.41 Å². The summed E-state index contributed by atoms with van der Waals surface area (Å²) in [5, 5.41) is 0.347. The Hall–Kier alpha value is -1.55. The highest BCUT2D eigenvalue weighted by atomic mass is 35.5. The van der Waals surface area contributed by atoms with Crippen molar-refractivity contribution in [1.82, 2.24) is 0 Å². The molecule has 5 heteroatoms. The van der Waals surface area contributed by atoms with Crippen molar-refractivity contribution in [2.45, 2.75) is 118 Å². The number of hydrogen-bond acceptors (Lipinski definition) is 4. The Morgan fingerprint density at radius 2 is 1.30 bits per heavy atom. The zero-order valence-electron chi connectivity index (χ0n) is 21.3. The molecule has 1 aromatic carbocycles. The molecule has 0 spiro atoms. The van der Waals surface area contributed by atoms with Crippen LogP contribution in [-0.4, -0.2) is 18.5 Å². The van der Waals surface area contributed by atoms with Crippen molar-refractivity contribution in [2.24, 2.45) is 5.41 Å². The van der Waals surface area contributed by atoms with Gasteiger partial charge in [0.1, 0.15) is 5.75 Å². The van der Waals surface area contributed by atoms with Crippen molar-refractivity contribution in [3.05, 3.63) is 28.8 Å². The van der Waals surface area contributed by atoms with E-state index in [2.05, 4.69) is 6.92 Å². The quantitative estimate of drug-likeness (QED) is 0.0912. The van der Waals surface area contributed by atoms with Crippen LogP contribution in [-0.2, 0) is 14.3 Å². The van der Waals surface area contributed by atoms with Crippen molar-refractivity contribution in [3.8, 4) is 5.75 Å². The van der Waals surface area contributed by atoms with E-state index in [0.29, 0.717) is 24.5 Å². The molecule has 0 aromatic heterocycles. The van der Waals surface area contributed by atoms with Crippen LogP contribution < -0.4 is 4.74 Å². The Bertz CT molecular complexity index is 697. The maximum Gasteiger partial charge on any atom is 0.328 e. The van der Waals surface area contributed by atoms with Gasteiger partial charge in [0.05, 0.1) is 11.6 Å². The molecule has 4 nitrogen and oxygen atoms in total. The molecule has 0 aliphatic carbocycles. The van der Waals surface area contributed by atoms with E-state index >= 15 is 0 Å². The van der Waals surface area contributed by atoms with Crippen molar-refractivity contribution in [2.75, 3.05) is 6.61 Å². The number of unbranched alkanes of at least 4 members (excludes halogenated alkanes) is 11. The average Bonchev–Trinajstić information content (AvgIpc) is 2.80. The largest absolute Gasteiger partial charge is 0.465 e. The van der Waals surface area contributed by atoms with E-state index in [1.807, 2.05) is 26.8 Å². The molecule has 0 fully saturated rings. The van der Waals surface area contributed by atoms with E-state index < -0.39 is 17.4 Å². The van der Waals surface area contributed by atoms with Crippen molar-refractivity contribution >= 4 is 23.5 Å². The van der Waals surface area contributed by atoms with Crippen molar-refractivity contribution in [1.29, 1.82) is 0 Å². The van der Waals surface area contributed by atoms with Gasteiger partial charge >= 0.3 is 11.9 Å². The third kappa shape index (κ3) is 10.5. The Balaban J connectivity index is 2.33. The molecule has 188 valence electrons. The maximum absolute atomic E-state index is 13.0. The number of benzene rings is 1. The van der Waals surface area contributed by atoms with Crippen LogP contribution in [0.3, 0.4) is 0 Å². The molecule has 1 rings (SSSR count). The Labute approximate surface area is 206 Å². The predicted octanol–water partition coefficient (Wildman–Crippen LogP) is 8.60. The molecule has 0 bridgehead atoms. The predicted molar refractivity (Wildman–Crippen MR) is 137 cm³/mol. The van der Waals surface area contributed by atoms with Gasteiger partial charge in [-0.3, -0.25) is 9.59 Å². The minimum absolute atomic E-state index is 0.279. The summed E-state index contributed by atoms with van der Waals surface area (Å²) >= 11 is 6.16. The van der Waals surface area contributed by atoms with E-state index in [-0.39, 0.29) is 5.75 Å². The molecule has 0 saturated carbocycles.